The number of para-hydroxylation sites is 1. The first-order valence-corrected chi connectivity index (χ1v) is 14.7. The van der Waals surface area contributed by atoms with Gasteiger partial charge in [-0.25, -0.2) is 4.79 Å². The number of hydrogen-bond acceptors (Lipinski definition) is 6. The number of amides is 3. The minimum absolute atomic E-state index is 0.0973. The first-order valence-electron chi connectivity index (χ1n) is 14.7. The monoisotopic (exact) mass is 543 g/mol. The van der Waals surface area contributed by atoms with Gasteiger partial charge in [0.25, 0.3) is 0 Å². The quantitative estimate of drug-likeness (QED) is 0.264. The standard InChI is InChI=1S/C30H45N3O6/c1-2-3-4-10-18-39-30(37)32-26(20-23-11-6-5-7-12-23)29(36)31-25(22-34)15-16-28(35)33-17-19-38-27-14-9-8-13-24(27)21-33/h8-9,13-14,22-23,25-26H,2-7,10-12,15-21H2,1H3,(H,31,36)(H,32,37). The molecule has 9 nitrogen and oxygen atoms in total. The highest BCUT2D eigenvalue weighted by molar-refractivity contribution is 5.87. The largest absolute Gasteiger partial charge is 0.491 e. The van der Waals surface area contributed by atoms with Crippen LogP contribution in [-0.4, -0.2) is 60.9 Å². The van der Waals surface area contributed by atoms with Crippen molar-refractivity contribution in [2.45, 2.75) is 103 Å². The molecule has 2 N–H and O–H groups in total. The zero-order chi connectivity index (χ0) is 27.9. The molecule has 3 rings (SSSR count). The molecule has 39 heavy (non-hydrogen) atoms. The van der Waals surface area contributed by atoms with Gasteiger partial charge in [-0.2, -0.15) is 0 Å². The molecule has 1 saturated carbocycles. The van der Waals surface area contributed by atoms with E-state index in [1.807, 2.05) is 24.3 Å². The minimum atomic E-state index is -0.822. The van der Waals surface area contributed by atoms with E-state index >= 15 is 0 Å². The lowest BCUT2D eigenvalue weighted by Gasteiger charge is -2.27. The lowest BCUT2D eigenvalue weighted by atomic mass is 9.84. The lowest BCUT2D eigenvalue weighted by molar-refractivity contribution is -0.132. The summed E-state index contributed by atoms with van der Waals surface area (Å²) in [5.74, 6) is 0.607. The van der Waals surface area contributed by atoms with Crippen molar-refractivity contribution >= 4 is 24.2 Å². The van der Waals surface area contributed by atoms with Gasteiger partial charge in [-0.05, 0) is 31.2 Å². The molecule has 1 fully saturated rings. The van der Waals surface area contributed by atoms with Gasteiger partial charge < -0.3 is 29.8 Å². The maximum Gasteiger partial charge on any atom is 0.407 e. The van der Waals surface area contributed by atoms with Gasteiger partial charge in [0.1, 0.15) is 24.7 Å². The molecule has 1 aliphatic carbocycles. The maximum atomic E-state index is 13.2. The predicted molar refractivity (Wildman–Crippen MR) is 148 cm³/mol. The van der Waals surface area contributed by atoms with Crippen LogP contribution in [0.5, 0.6) is 5.75 Å². The van der Waals surface area contributed by atoms with Crippen LogP contribution in [0, 0.1) is 5.92 Å². The number of ether oxygens (including phenoxy) is 2. The van der Waals surface area contributed by atoms with E-state index in [9.17, 15) is 19.2 Å². The van der Waals surface area contributed by atoms with E-state index < -0.39 is 24.1 Å². The van der Waals surface area contributed by atoms with E-state index in [-0.39, 0.29) is 18.7 Å². The molecular weight excluding hydrogens is 498 g/mol. The summed E-state index contributed by atoms with van der Waals surface area (Å²) in [5, 5.41) is 5.50. The Morgan fingerprint density at radius 1 is 1.10 bits per heavy atom. The van der Waals surface area contributed by atoms with E-state index in [0.29, 0.717) is 44.9 Å². The van der Waals surface area contributed by atoms with Crippen LogP contribution < -0.4 is 15.4 Å². The Kier molecular flexibility index (Phi) is 13.1. The first-order chi connectivity index (χ1) is 19.0. The van der Waals surface area contributed by atoms with E-state index in [1.54, 1.807) is 4.90 Å². The number of unbranched alkanes of at least 4 members (excludes halogenated alkanes) is 3. The van der Waals surface area contributed by atoms with Crippen LogP contribution in [0.4, 0.5) is 4.79 Å². The Hall–Kier alpha value is -3.10. The summed E-state index contributed by atoms with van der Waals surface area (Å²) in [6.07, 6.45) is 10.3. The predicted octanol–water partition coefficient (Wildman–Crippen LogP) is 4.52. The van der Waals surface area contributed by atoms with Gasteiger partial charge in [-0.1, -0.05) is 76.5 Å². The number of carbonyl (C=O) groups excluding carboxylic acids is 4. The number of nitrogens with one attached hydrogen (secondary N) is 2. The highest BCUT2D eigenvalue weighted by Gasteiger charge is 2.28. The van der Waals surface area contributed by atoms with Gasteiger partial charge in [0.15, 0.2) is 0 Å². The molecule has 3 amide bonds. The van der Waals surface area contributed by atoms with Crippen molar-refractivity contribution < 1.29 is 28.7 Å². The SMILES string of the molecule is CCCCCCOC(=O)NC(CC1CCCCC1)C(=O)NC(C=O)CCC(=O)N1CCOc2ccccc2C1. The summed E-state index contributed by atoms with van der Waals surface area (Å²) < 4.78 is 11.0. The second-order valence-electron chi connectivity index (χ2n) is 10.7. The van der Waals surface area contributed by atoms with Crippen molar-refractivity contribution in [1.82, 2.24) is 15.5 Å². The van der Waals surface area contributed by atoms with Crippen molar-refractivity contribution in [1.29, 1.82) is 0 Å². The van der Waals surface area contributed by atoms with Crippen LogP contribution in [0.1, 0.15) is 89.5 Å². The van der Waals surface area contributed by atoms with Crippen molar-refractivity contribution in [2.24, 2.45) is 5.92 Å². The molecule has 0 bridgehead atoms. The van der Waals surface area contributed by atoms with Crippen LogP contribution in [-0.2, 0) is 25.7 Å². The molecule has 0 aromatic heterocycles. The van der Waals surface area contributed by atoms with E-state index in [2.05, 4.69) is 17.6 Å². The summed E-state index contributed by atoms with van der Waals surface area (Å²) in [4.78, 5) is 52.2. The number of fused-ring (bicyclic) bond motifs is 1. The highest BCUT2D eigenvalue weighted by atomic mass is 16.5. The Morgan fingerprint density at radius 3 is 2.67 bits per heavy atom. The Labute approximate surface area is 232 Å². The van der Waals surface area contributed by atoms with E-state index in [0.717, 1.165) is 62.7 Å². The molecule has 216 valence electrons. The van der Waals surface area contributed by atoms with Gasteiger partial charge in [0, 0.05) is 18.5 Å². The van der Waals surface area contributed by atoms with Crippen molar-refractivity contribution in [3.8, 4) is 5.75 Å². The van der Waals surface area contributed by atoms with Gasteiger partial charge in [-0.3, -0.25) is 9.59 Å². The van der Waals surface area contributed by atoms with E-state index in [1.165, 1.54) is 6.42 Å². The molecule has 1 heterocycles. The molecule has 0 spiro atoms. The number of carbonyl (C=O) groups is 4. The number of rotatable bonds is 14. The lowest BCUT2D eigenvalue weighted by Crippen LogP contribution is -2.51. The third-order valence-electron chi connectivity index (χ3n) is 7.60. The van der Waals surface area contributed by atoms with Crippen molar-refractivity contribution in [3.63, 3.8) is 0 Å². The molecular formula is C30H45N3O6. The van der Waals surface area contributed by atoms with E-state index in [4.69, 9.17) is 9.47 Å². The molecule has 1 aromatic rings. The molecule has 1 aliphatic heterocycles. The number of nitrogens with zero attached hydrogens (tertiary/aromatic N) is 1. The molecule has 2 atom stereocenters. The zero-order valence-corrected chi connectivity index (χ0v) is 23.3. The average molecular weight is 544 g/mol. The fourth-order valence-electron chi connectivity index (χ4n) is 5.30. The Morgan fingerprint density at radius 2 is 1.90 bits per heavy atom. The minimum Gasteiger partial charge on any atom is -0.491 e. The van der Waals surface area contributed by atoms with Gasteiger partial charge in [0.05, 0.1) is 19.2 Å². The molecule has 1 aromatic carbocycles. The number of alkyl carbamates (subject to hydrolysis) is 1. The van der Waals surface area contributed by atoms with Gasteiger partial charge >= 0.3 is 6.09 Å². The summed E-state index contributed by atoms with van der Waals surface area (Å²) in [6, 6.07) is 6.03. The van der Waals surface area contributed by atoms with Crippen LogP contribution in [0.3, 0.4) is 0 Å². The molecule has 2 unspecified atom stereocenters. The molecule has 2 aliphatic rings. The zero-order valence-electron chi connectivity index (χ0n) is 23.3. The second kappa shape index (κ2) is 16.8. The summed E-state index contributed by atoms with van der Waals surface area (Å²) in [6.45, 7) is 3.74. The first kappa shape index (κ1) is 30.4. The number of hydrogen-bond donors (Lipinski definition) is 2. The molecule has 0 radical (unpaired) electrons. The maximum absolute atomic E-state index is 13.2. The van der Waals surface area contributed by atoms with Crippen molar-refractivity contribution in [3.05, 3.63) is 29.8 Å². The average Bonchev–Trinajstić information content (AvgIpc) is 3.18. The fraction of sp³-hybridized carbons (Fsp3) is 0.667. The van der Waals surface area contributed by atoms with Gasteiger partial charge in [-0.15, -0.1) is 0 Å². The summed E-state index contributed by atoms with van der Waals surface area (Å²) >= 11 is 0. The van der Waals surface area contributed by atoms with Crippen LogP contribution in [0.25, 0.3) is 0 Å². The van der Waals surface area contributed by atoms with Crippen LogP contribution in [0.2, 0.25) is 0 Å². The number of aldehydes is 1. The number of benzene rings is 1. The smallest absolute Gasteiger partial charge is 0.407 e. The third kappa shape index (κ3) is 10.5. The van der Waals surface area contributed by atoms with Gasteiger partial charge in [0.2, 0.25) is 11.8 Å². The normalized spacial score (nSPS) is 17.1. The highest BCUT2D eigenvalue weighted by Crippen LogP contribution is 2.27. The third-order valence-corrected chi connectivity index (χ3v) is 7.60. The summed E-state index contributed by atoms with van der Waals surface area (Å²) in [7, 11) is 0. The van der Waals surface area contributed by atoms with Crippen molar-refractivity contribution in [2.75, 3.05) is 19.8 Å². The fourth-order valence-corrected chi connectivity index (χ4v) is 5.30. The molecule has 9 heteroatoms. The molecule has 0 saturated heterocycles. The summed E-state index contributed by atoms with van der Waals surface area (Å²) in [5.41, 5.74) is 0.942. The van der Waals surface area contributed by atoms with Crippen LogP contribution >= 0.6 is 0 Å². The van der Waals surface area contributed by atoms with Crippen LogP contribution in [0.15, 0.2) is 24.3 Å². The second-order valence-corrected chi connectivity index (χ2v) is 10.7. The Balaban J connectivity index is 1.52. The topological polar surface area (TPSA) is 114 Å². The Bertz CT molecular complexity index is 933.